The van der Waals surface area contributed by atoms with Crippen LogP contribution in [0.4, 0.5) is 10.1 Å². The van der Waals surface area contributed by atoms with E-state index in [9.17, 15) is 9.18 Å². The van der Waals surface area contributed by atoms with Crippen molar-refractivity contribution in [1.29, 1.82) is 0 Å². The van der Waals surface area contributed by atoms with E-state index >= 15 is 0 Å². The number of anilines is 1. The molecule has 0 unspecified atom stereocenters. The van der Waals surface area contributed by atoms with Crippen molar-refractivity contribution in [3.8, 4) is 11.3 Å². The molecule has 0 aliphatic carbocycles. The Bertz CT molecular complexity index is 878. The third-order valence-electron chi connectivity index (χ3n) is 3.30. The largest absolute Gasteiger partial charge is 0.322 e. The van der Waals surface area contributed by atoms with E-state index in [1.54, 1.807) is 48.5 Å². The lowest BCUT2D eigenvalue weighted by Gasteiger charge is -2.07. The van der Waals surface area contributed by atoms with Gasteiger partial charge in [0.15, 0.2) is 0 Å². The van der Waals surface area contributed by atoms with Gasteiger partial charge in [0.05, 0.1) is 11.3 Å². The van der Waals surface area contributed by atoms with Crippen LogP contribution in [0.5, 0.6) is 0 Å². The standard InChI is InChI=1S/C18H11Cl2FN2O/c19-12-7-13(20)9-14(8-12)23-18(24)11-5-6-17(22-10-11)15-3-1-2-4-16(15)21/h1-10H,(H,23,24). The van der Waals surface area contributed by atoms with E-state index in [-0.39, 0.29) is 11.7 Å². The Hall–Kier alpha value is -2.43. The first-order chi connectivity index (χ1) is 11.5. The molecule has 0 spiro atoms. The quantitative estimate of drug-likeness (QED) is 0.674. The molecule has 1 heterocycles. The molecule has 1 N–H and O–H groups in total. The summed E-state index contributed by atoms with van der Waals surface area (Å²) in [5, 5.41) is 3.53. The second-order valence-electron chi connectivity index (χ2n) is 5.02. The minimum absolute atomic E-state index is 0.339. The van der Waals surface area contributed by atoms with Gasteiger partial charge >= 0.3 is 0 Å². The summed E-state index contributed by atoms with van der Waals surface area (Å²) >= 11 is 11.8. The predicted octanol–water partition coefficient (Wildman–Crippen LogP) is 5.45. The van der Waals surface area contributed by atoms with Crippen LogP contribution < -0.4 is 5.32 Å². The average Bonchev–Trinajstić information content (AvgIpc) is 2.54. The zero-order chi connectivity index (χ0) is 17.1. The third kappa shape index (κ3) is 3.72. The van der Waals surface area contributed by atoms with Crippen LogP contribution in [0, 0.1) is 5.82 Å². The molecule has 0 fully saturated rings. The van der Waals surface area contributed by atoms with Gasteiger partial charge in [-0.05, 0) is 42.5 Å². The lowest BCUT2D eigenvalue weighted by atomic mass is 10.1. The number of nitrogens with zero attached hydrogens (tertiary/aromatic N) is 1. The van der Waals surface area contributed by atoms with Crippen molar-refractivity contribution >= 4 is 34.8 Å². The van der Waals surface area contributed by atoms with Crippen LogP contribution in [0.2, 0.25) is 10.0 Å². The molecule has 0 saturated carbocycles. The zero-order valence-corrected chi connectivity index (χ0v) is 13.8. The van der Waals surface area contributed by atoms with Gasteiger partial charge in [-0.2, -0.15) is 0 Å². The number of aromatic nitrogens is 1. The predicted molar refractivity (Wildman–Crippen MR) is 94.0 cm³/mol. The molecule has 1 aromatic heterocycles. The van der Waals surface area contributed by atoms with Crippen molar-refractivity contribution in [1.82, 2.24) is 4.98 Å². The van der Waals surface area contributed by atoms with E-state index in [2.05, 4.69) is 10.3 Å². The van der Waals surface area contributed by atoms with Gasteiger partial charge in [-0.1, -0.05) is 35.3 Å². The average molecular weight is 361 g/mol. The van der Waals surface area contributed by atoms with Crippen LogP contribution >= 0.6 is 23.2 Å². The molecule has 1 amide bonds. The number of pyridine rings is 1. The molecule has 3 nitrogen and oxygen atoms in total. The van der Waals surface area contributed by atoms with Crippen molar-refractivity contribution in [2.75, 3.05) is 5.32 Å². The molecule has 24 heavy (non-hydrogen) atoms. The molecule has 6 heteroatoms. The topological polar surface area (TPSA) is 42.0 Å². The molecule has 0 radical (unpaired) electrons. The van der Waals surface area contributed by atoms with Crippen LogP contribution in [0.25, 0.3) is 11.3 Å². The maximum Gasteiger partial charge on any atom is 0.257 e. The highest BCUT2D eigenvalue weighted by Crippen LogP contribution is 2.23. The number of hydrogen-bond acceptors (Lipinski definition) is 2. The van der Waals surface area contributed by atoms with Gasteiger partial charge in [-0.15, -0.1) is 0 Å². The first kappa shape index (κ1) is 16.4. The van der Waals surface area contributed by atoms with E-state index in [1.807, 2.05) is 0 Å². The Morgan fingerprint density at radius 2 is 1.71 bits per heavy atom. The van der Waals surface area contributed by atoms with Gasteiger partial charge in [0, 0.05) is 27.5 Å². The molecule has 0 bridgehead atoms. The second kappa shape index (κ2) is 6.99. The van der Waals surface area contributed by atoms with Crippen molar-refractivity contribution in [3.63, 3.8) is 0 Å². The number of carbonyl (C=O) groups is 1. The van der Waals surface area contributed by atoms with Crippen molar-refractivity contribution < 1.29 is 9.18 Å². The second-order valence-corrected chi connectivity index (χ2v) is 5.90. The van der Waals surface area contributed by atoms with E-state index in [4.69, 9.17) is 23.2 Å². The molecule has 0 aliphatic rings. The summed E-state index contributed by atoms with van der Waals surface area (Å²) in [6, 6.07) is 14.3. The summed E-state index contributed by atoms with van der Waals surface area (Å²) in [4.78, 5) is 16.4. The van der Waals surface area contributed by atoms with Gasteiger partial charge in [0.2, 0.25) is 0 Å². The molecule has 3 rings (SSSR count). The lowest BCUT2D eigenvalue weighted by Crippen LogP contribution is -2.12. The van der Waals surface area contributed by atoms with Crippen molar-refractivity contribution in [2.24, 2.45) is 0 Å². The molecular weight excluding hydrogens is 350 g/mol. The third-order valence-corrected chi connectivity index (χ3v) is 3.73. The fourth-order valence-corrected chi connectivity index (χ4v) is 2.71. The minimum Gasteiger partial charge on any atom is -0.322 e. The first-order valence-corrected chi connectivity index (χ1v) is 7.77. The van der Waals surface area contributed by atoms with Gasteiger partial charge in [0.25, 0.3) is 5.91 Å². The fraction of sp³-hybridized carbons (Fsp3) is 0. The Morgan fingerprint density at radius 3 is 2.33 bits per heavy atom. The van der Waals surface area contributed by atoms with E-state index < -0.39 is 0 Å². The Morgan fingerprint density at radius 1 is 1.00 bits per heavy atom. The Kier molecular flexibility index (Phi) is 4.79. The van der Waals surface area contributed by atoms with Crippen LogP contribution in [-0.2, 0) is 0 Å². The zero-order valence-electron chi connectivity index (χ0n) is 12.3. The molecule has 0 saturated heterocycles. The highest BCUT2D eigenvalue weighted by molar-refractivity contribution is 6.35. The highest BCUT2D eigenvalue weighted by atomic mass is 35.5. The molecule has 2 aromatic carbocycles. The molecule has 3 aromatic rings. The van der Waals surface area contributed by atoms with E-state index in [0.717, 1.165) is 0 Å². The number of amides is 1. The SMILES string of the molecule is O=C(Nc1cc(Cl)cc(Cl)c1)c1ccc(-c2ccccc2F)nc1. The minimum atomic E-state index is -0.365. The van der Waals surface area contributed by atoms with Crippen LogP contribution in [0.15, 0.2) is 60.8 Å². The molecule has 0 aliphatic heterocycles. The number of carbonyl (C=O) groups excluding carboxylic acids is 1. The summed E-state index contributed by atoms with van der Waals surface area (Å²) in [5.41, 5.74) is 1.66. The molecule has 0 atom stereocenters. The Labute approximate surface area is 148 Å². The number of nitrogens with one attached hydrogen (secondary N) is 1. The van der Waals surface area contributed by atoms with Crippen LogP contribution in [-0.4, -0.2) is 10.9 Å². The maximum absolute atomic E-state index is 13.8. The van der Waals surface area contributed by atoms with E-state index in [1.165, 1.54) is 12.3 Å². The fourth-order valence-electron chi connectivity index (χ4n) is 2.19. The van der Waals surface area contributed by atoms with Crippen LogP contribution in [0.3, 0.4) is 0 Å². The Balaban J connectivity index is 1.80. The summed E-state index contributed by atoms with van der Waals surface area (Å²) in [6.07, 6.45) is 1.39. The van der Waals surface area contributed by atoms with Gasteiger partial charge in [0.1, 0.15) is 5.82 Å². The van der Waals surface area contributed by atoms with Gasteiger partial charge in [-0.25, -0.2) is 4.39 Å². The number of rotatable bonds is 3. The normalized spacial score (nSPS) is 10.5. The molecule has 120 valence electrons. The number of hydrogen-bond donors (Lipinski definition) is 1. The summed E-state index contributed by atoms with van der Waals surface area (Å²) < 4.78 is 13.8. The summed E-state index contributed by atoms with van der Waals surface area (Å²) in [6.45, 7) is 0. The van der Waals surface area contributed by atoms with Gasteiger partial charge < -0.3 is 5.32 Å². The van der Waals surface area contributed by atoms with Crippen molar-refractivity contribution in [2.45, 2.75) is 0 Å². The monoisotopic (exact) mass is 360 g/mol. The first-order valence-electron chi connectivity index (χ1n) is 7.01. The number of benzene rings is 2. The van der Waals surface area contributed by atoms with Crippen LogP contribution in [0.1, 0.15) is 10.4 Å². The molecular formula is C18H11Cl2FN2O. The summed E-state index contributed by atoms with van der Waals surface area (Å²) in [5.74, 6) is -0.725. The smallest absolute Gasteiger partial charge is 0.257 e. The number of halogens is 3. The van der Waals surface area contributed by atoms with Crippen molar-refractivity contribution in [3.05, 3.63) is 82.2 Å². The van der Waals surface area contributed by atoms with E-state index in [0.29, 0.717) is 32.6 Å². The maximum atomic E-state index is 13.8. The highest BCUT2D eigenvalue weighted by Gasteiger charge is 2.10. The lowest BCUT2D eigenvalue weighted by molar-refractivity contribution is 0.102. The van der Waals surface area contributed by atoms with Gasteiger partial charge in [-0.3, -0.25) is 9.78 Å². The summed E-state index contributed by atoms with van der Waals surface area (Å²) in [7, 11) is 0.